The molecule has 0 saturated heterocycles. The lowest BCUT2D eigenvalue weighted by Crippen LogP contribution is -2.13. The number of carbonyl (C=O) groups excluding carboxylic acids is 1. The van der Waals surface area contributed by atoms with Crippen molar-refractivity contribution < 1.29 is 9.53 Å². The molecule has 0 spiro atoms. The minimum absolute atomic E-state index is 0.0504. The Morgan fingerprint density at radius 3 is 2.89 bits per heavy atom. The third kappa shape index (κ3) is 4.04. The highest BCUT2D eigenvalue weighted by molar-refractivity contribution is 9.10. The van der Waals surface area contributed by atoms with Gasteiger partial charge in [0.2, 0.25) is 0 Å². The third-order valence-corrected chi connectivity index (χ3v) is 0.996. The molecule has 2 nitrogen and oxygen atoms in total. The van der Waals surface area contributed by atoms with Crippen molar-refractivity contribution in [2.75, 3.05) is 6.61 Å². The normalized spacial score (nSPS) is 11.7. The number of terminal acetylenes is 1. The van der Waals surface area contributed by atoms with E-state index >= 15 is 0 Å². The van der Waals surface area contributed by atoms with Gasteiger partial charge in [0, 0.05) is 0 Å². The molecule has 1 atom stereocenters. The van der Waals surface area contributed by atoms with Crippen molar-refractivity contribution in [2.45, 2.75) is 11.8 Å². The Morgan fingerprint density at radius 2 is 2.56 bits per heavy atom. The highest BCUT2D eigenvalue weighted by atomic mass is 79.9. The maximum absolute atomic E-state index is 10.5. The van der Waals surface area contributed by atoms with Gasteiger partial charge in [-0.25, -0.2) is 0 Å². The first-order valence-electron chi connectivity index (χ1n) is 2.42. The molecule has 0 heterocycles. The molecular formula is C6H7BrO2. The van der Waals surface area contributed by atoms with Crippen LogP contribution in [0.5, 0.6) is 0 Å². The van der Waals surface area contributed by atoms with Gasteiger partial charge in [-0.2, -0.15) is 0 Å². The topological polar surface area (TPSA) is 26.3 Å². The summed E-state index contributed by atoms with van der Waals surface area (Å²) in [6.07, 6.45) is 4.83. The molecular weight excluding hydrogens is 184 g/mol. The predicted molar refractivity (Wildman–Crippen MR) is 38.2 cm³/mol. The van der Waals surface area contributed by atoms with E-state index in [0.717, 1.165) is 0 Å². The molecule has 0 fully saturated rings. The number of carbonyl (C=O) groups is 1. The largest absolute Gasteiger partial charge is 0.452 e. The van der Waals surface area contributed by atoms with Gasteiger partial charge in [0.15, 0.2) is 6.61 Å². The van der Waals surface area contributed by atoms with Gasteiger partial charge in [0.25, 0.3) is 0 Å². The number of ether oxygens (including phenoxy) is 1. The molecule has 3 heteroatoms. The Labute approximate surface area is 62.7 Å². The van der Waals surface area contributed by atoms with E-state index in [1.54, 1.807) is 6.92 Å². The molecule has 1 unspecified atom stereocenters. The van der Waals surface area contributed by atoms with Crippen LogP contribution in [0.4, 0.5) is 0 Å². The Kier molecular flexibility index (Phi) is 4.16. The summed E-state index contributed by atoms with van der Waals surface area (Å²) in [5.74, 6) is 1.86. The van der Waals surface area contributed by atoms with Crippen LogP contribution in [0, 0.1) is 12.3 Å². The SMILES string of the molecule is C#CCOC(=O)C(C)Br. The van der Waals surface area contributed by atoms with Crippen LogP contribution >= 0.6 is 15.9 Å². The quantitative estimate of drug-likeness (QED) is 0.369. The van der Waals surface area contributed by atoms with Gasteiger partial charge in [-0.1, -0.05) is 21.9 Å². The van der Waals surface area contributed by atoms with Crippen molar-refractivity contribution in [3.8, 4) is 12.3 Å². The lowest BCUT2D eigenvalue weighted by molar-refractivity contribution is -0.140. The zero-order valence-electron chi connectivity index (χ0n) is 5.06. The number of esters is 1. The van der Waals surface area contributed by atoms with Crippen molar-refractivity contribution in [2.24, 2.45) is 0 Å². The first-order valence-corrected chi connectivity index (χ1v) is 3.34. The summed E-state index contributed by atoms with van der Waals surface area (Å²) < 4.78 is 4.53. The van der Waals surface area contributed by atoms with Gasteiger partial charge in [0.05, 0.1) is 0 Å². The average molecular weight is 191 g/mol. The van der Waals surface area contributed by atoms with Gasteiger partial charge in [-0.3, -0.25) is 4.79 Å². The van der Waals surface area contributed by atoms with Gasteiger partial charge < -0.3 is 4.74 Å². The number of rotatable bonds is 2. The summed E-state index contributed by atoms with van der Waals surface area (Å²) >= 11 is 3.03. The molecule has 0 radical (unpaired) electrons. The molecule has 0 saturated carbocycles. The Balaban J connectivity index is 3.42. The second kappa shape index (κ2) is 4.39. The first kappa shape index (κ1) is 8.51. The maximum atomic E-state index is 10.5. The van der Waals surface area contributed by atoms with E-state index in [0.29, 0.717) is 0 Å². The lowest BCUT2D eigenvalue weighted by atomic mass is 10.5. The van der Waals surface area contributed by atoms with Crippen molar-refractivity contribution in [1.29, 1.82) is 0 Å². The number of hydrogen-bond donors (Lipinski definition) is 0. The monoisotopic (exact) mass is 190 g/mol. The summed E-state index contributed by atoms with van der Waals surface area (Å²) in [6.45, 7) is 1.73. The van der Waals surface area contributed by atoms with E-state index in [1.807, 2.05) is 0 Å². The second-order valence-corrected chi connectivity index (χ2v) is 2.80. The maximum Gasteiger partial charge on any atom is 0.320 e. The summed E-state index contributed by atoms with van der Waals surface area (Å²) in [7, 11) is 0. The molecule has 0 aliphatic heterocycles. The van der Waals surface area contributed by atoms with Gasteiger partial charge in [-0.15, -0.1) is 6.42 Å². The molecule has 0 rings (SSSR count). The minimum atomic E-state index is -0.326. The summed E-state index contributed by atoms with van der Waals surface area (Å²) in [6, 6.07) is 0. The predicted octanol–water partition coefficient (Wildman–Crippen LogP) is 0.946. The first-order chi connectivity index (χ1) is 4.18. The molecule has 0 aromatic rings. The van der Waals surface area contributed by atoms with Gasteiger partial charge in [0.1, 0.15) is 4.83 Å². The van der Waals surface area contributed by atoms with Crippen LogP contribution in [0.1, 0.15) is 6.92 Å². The Bertz CT molecular complexity index is 134. The van der Waals surface area contributed by atoms with E-state index in [4.69, 9.17) is 6.42 Å². The molecule has 0 amide bonds. The standard InChI is InChI=1S/C6H7BrO2/c1-3-4-9-6(8)5(2)7/h1,5H,4H2,2H3. The number of alkyl halides is 1. The van der Waals surface area contributed by atoms with Crippen molar-refractivity contribution >= 4 is 21.9 Å². The van der Waals surface area contributed by atoms with E-state index in [9.17, 15) is 4.79 Å². The van der Waals surface area contributed by atoms with Crippen molar-refractivity contribution in [3.05, 3.63) is 0 Å². The molecule has 0 aromatic carbocycles. The van der Waals surface area contributed by atoms with E-state index in [-0.39, 0.29) is 17.4 Å². The van der Waals surface area contributed by atoms with Crippen LogP contribution in [0.3, 0.4) is 0 Å². The van der Waals surface area contributed by atoms with Crippen LogP contribution in [0.25, 0.3) is 0 Å². The van der Waals surface area contributed by atoms with Crippen LogP contribution < -0.4 is 0 Å². The molecule has 9 heavy (non-hydrogen) atoms. The summed E-state index contributed by atoms with van der Waals surface area (Å²) in [5.41, 5.74) is 0. The summed E-state index contributed by atoms with van der Waals surface area (Å²) in [5, 5.41) is 0. The van der Waals surface area contributed by atoms with Crippen LogP contribution in [-0.4, -0.2) is 17.4 Å². The molecule has 0 aliphatic rings. The lowest BCUT2D eigenvalue weighted by Gasteiger charge is -2.00. The smallest absolute Gasteiger partial charge is 0.320 e. The zero-order chi connectivity index (χ0) is 7.28. The molecule has 0 aliphatic carbocycles. The average Bonchev–Trinajstić information content (AvgIpc) is 1.82. The fourth-order valence-electron chi connectivity index (χ4n) is 0.228. The Hall–Kier alpha value is -0.490. The van der Waals surface area contributed by atoms with Crippen molar-refractivity contribution in [3.63, 3.8) is 0 Å². The Morgan fingerprint density at radius 1 is 2.00 bits per heavy atom. The molecule has 50 valence electrons. The third-order valence-electron chi connectivity index (χ3n) is 0.623. The fraction of sp³-hybridized carbons (Fsp3) is 0.500. The van der Waals surface area contributed by atoms with E-state index < -0.39 is 0 Å². The molecule has 0 aromatic heterocycles. The van der Waals surface area contributed by atoms with Gasteiger partial charge >= 0.3 is 5.97 Å². The second-order valence-electron chi connectivity index (χ2n) is 1.43. The van der Waals surface area contributed by atoms with E-state index in [1.165, 1.54) is 0 Å². The molecule has 0 N–H and O–H groups in total. The van der Waals surface area contributed by atoms with E-state index in [2.05, 4.69) is 26.6 Å². The summed E-state index contributed by atoms with van der Waals surface area (Å²) in [4.78, 5) is 10.3. The fourth-order valence-corrected chi connectivity index (χ4v) is 0.360. The number of halogens is 1. The zero-order valence-corrected chi connectivity index (χ0v) is 6.64. The minimum Gasteiger partial charge on any atom is -0.452 e. The van der Waals surface area contributed by atoms with Gasteiger partial charge in [-0.05, 0) is 6.92 Å². The van der Waals surface area contributed by atoms with Crippen LogP contribution in [0.2, 0.25) is 0 Å². The highest BCUT2D eigenvalue weighted by Crippen LogP contribution is 1.98. The van der Waals surface area contributed by atoms with Crippen molar-refractivity contribution in [1.82, 2.24) is 0 Å². The van der Waals surface area contributed by atoms with Crippen LogP contribution in [-0.2, 0) is 9.53 Å². The number of hydrogen-bond acceptors (Lipinski definition) is 2. The van der Waals surface area contributed by atoms with Crippen LogP contribution in [0.15, 0.2) is 0 Å². The highest BCUT2D eigenvalue weighted by Gasteiger charge is 2.07. The molecule has 0 bridgehead atoms.